The van der Waals surface area contributed by atoms with Crippen LogP contribution in [0.3, 0.4) is 0 Å². The van der Waals surface area contributed by atoms with Crippen molar-refractivity contribution in [3.8, 4) is 5.75 Å². The minimum atomic E-state index is 0. The molecule has 19 heavy (non-hydrogen) atoms. The van der Waals surface area contributed by atoms with E-state index in [2.05, 4.69) is 5.32 Å². The van der Waals surface area contributed by atoms with E-state index in [-0.39, 0.29) is 18.3 Å². The van der Waals surface area contributed by atoms with Crippen LogP contribution in [0.2, 0.25) is 0 Å². The van der Waals surface area contributed by atoms with Gasteiger partial charge in [-0.1, -0.05) is 0 Å². The largest absolute Gasteiger partial charge is 0.490 e. The van der Waals surface area contributed by atoms with E-state index in [9.17, 15) is 4.79 Å². The summed E-state index contributed by atoms with van der Waals surface area (Å²) in [6, 6.07) is 7.38. The van der Waals surface area contributed by atoms with Gasteiger partial charge in [0.15, 0.2) is 0 Å². The normalized spacial score (nSPS) is 15.5. The number of hydrogen-bond donors (Lipinski definition) is 1. The van der Waals surface area contributed by atoms with E-state index in [1.807, 2.05) is 24.3 Å². The maximum atomic E-state index is 11.7. The summed E-state index contributed by atoms with van der Waals surface area (Å²) in [4.78, 5) is 13.3. The predicted octanol–water partition coefficient (Wildman–Crippen LogP) is 1.94. The number of halogens is 1. The van der Waals surface area contributed by atoms with Crippen LogP contribution in [0, 0.1) is 0 Å². The van der Waals surface area contributed by atoms with Crippen molar-refractivity contribution in [1.29, 1.82) is 0 Å². The zero-order chi connectivity index (χ0) is 13.0. The van der Waals surface area contributed by atoms with Crippen LogP contribution in [0.15, 0.2) is 24.3 Å². The third-order valence-electron chi connectivity index (χ3n) is 3.10. The Bertz CT molecular complexity index is 400. The number of rotatable bonds is 3. The highest BCUT2D eigenvalue weighted by atomic mass is 35.5. The van der Waals surface area contributed by atoms with Crippen molar-refractivity contribution in [1.82, 2.24) is 10.2 Å². The Hall–Kier alpha value is -1.26. The molecule has 1 amide bonds. The van der Waals surface area contributed by atoms with E-state index in [0.29, 0.717) is 11.7 Å². The summed E-state index contributed by atoms with van der Waals surface area (Å²) >= 11 is 0. The molecule has 1 saturated heterocycles. The van der Waals surface area contributed by atoms with E-state index < -0.39 is 0 Å². The number of piperidine rings is 1. The lowest BCUT2D eigenvalue weighted by molar-refractivity contribution is 0.0827. The lowest BCUT2D eigenvalue weighted by atomic mass is 10.1. The van der Waals surface area contributed by atoms with Crippen molar-refractivity contribution >= 4 is 18.3 Å². The Morgan fingerprint density at radius 2 is 1.79 bits per heavy atom. The van der Waals surface area contributed by atoms with Crippen LogP contribution in [0.25, 0.3) is 0 Å². The summed E-state index contributed by atoms with van der Waals surface area (Å²) in [5.41, 5.74) is 0.692. The Morgan fingerprint density at radius 3 is 2.32 bits per heavy atom. The molecule has 0 bridgehead atoms. The highest BCUT2D eigenvalue weighted by Gasteiger charge is 2.14. The van der Waals surface area contributed by atoms with Gasteiger partial charge < -0.3 is 15.0 Å². The standard InChI is InChI=1S/C14H20N2O2.ClH/c1-16(2)14(17)11-3-5-12(6-4-11)18-13-7-9-15-10-8-13;/h3-6,13,15H,7-10H2,1-2H3;1H. The Morgan fingerprint density at radius 1 is 1.21 bits per heavy atom. The molecule has 4 nitrogen and oxygen atoms in total. The molecule has 1 N–H and O–H groups in total. The van der Waals surface area contributed by atoms with Crippen LogP contribution in [0.4, 0.5) is 0 Å². The topological polar surface area (TPSA) is 41.6 Å². The number of hydrogen-bond acceptors (Lipinski definition) is 3. The number of ether oxygens (including phenoxy) is 1. The molecular weight excluding hydrogens is 264 g/mol. The molecular formula is C14H21ClN2O2. The fourth-order valence-electron chi connectivity index (χ4n) is 2.04. The maximum absolute atomic E-state index is 11.7. The molecule has 0 unspecified atom stereocenters. The molecule has 0 aromatic heterocycles. The zero-order valence-corrected chi connectivity index (χ0v) is 12.2. The van der Waals surface area contributed by atoms with E-state index in [1.165, 1.54) is 0 Å². The summed E-state index contributed by atoms with van der Waals surface area (Å²) in [6.07, 6.45) is 2.37. The summed E-state index contributed by atoms with van der Waals surface area (Å²) < 4.78 is 5.89. The van der Waals surface area contributed by atoms with Crippen LogP contribution in [-0.4, -0.2) is 44.1 Å². The first-order valence-corrected chi connectivity index (χ1v) is 6.36. The van der Waals surface area contributed by atoms with E-state index in [0.717, 1.165) is 31.7 Å². The molecule has 2 rings (SSSR count). The smallest absolute Gasteiger partial charge is 0.253 e. The SMILES string of the molecule is CN(C)C(=O)c1ccc(OC2CCNCC2)cc1.Cl. The van der Waals surface area contributed by atoms with Crippen LogP contribution in [-0.2, 0) is 0 Å². The third-order valence-corrected chi connectivity index (χ3v) is 3.10. The van der Waals surface area contributed by atoms with Gasteiger partial charge in [0, 0.05) is 19.7 Å². The van der Waals surface area contributed by atoms with E-state index >= 15 is 0 Å². The van der Waals surface area contributed by atoms with Gasteiger partial charge in [-0.15, -0.1) is 12.4 Å². The van der Waals surface area contributed by atoms with Crippen molar-refractivity contribution in [3.05, 3.63) is 29.8 Å². The molecule has 106 valence electrons. The van der Waals surface area contributed by atoms with Gasteiger partial charge in [-0.05, 0) is 50.2 Å². The van der Waals surface area contributed by atoms with Crippen LogP contribution >= 0.6 is 12.4 Å². The van der Waals surface area contributed by atoms with Gasteiger partial charge in [-0.25, -0.2) is 0 Å². The van der Waals surface area contributed by atoms with Gasteiger partial charge >= 0.3 is 0 Å². The predicted molar refractivity (Wildman–Crippen MR) is 78.2 cm³/mol. The van der Waals surface area contributed by atoms with Gasteiger partial charge in [0.2, 0.25) is 0 Å². The van der Waals surface area contributed by atoms with Crippen LogP contribution in [0.1, 0.15) is 23.2 Å². The minimum Gasteiger partial charge on any atom is -0.490 e. The van der Waals surface area contributed by atoms with Crippen molar-refractivity contribution in [3.63, 3.8) is 0 Å². The number of carbonyl (C=O) groups is 1. The molecule has 0 atom stereocenters. The molecule has 5 heteroatoms. The average molecular weight is 285 g/mol. The lowest BCUT2D eigenvalue weighted by Gasteiger charge is -2.23. The third kappa shape index (κ3) is 4.40. The highest BCUT2D eigenvalue weighted by Crippen LogP contribution is 2.17. The summed E-state index contributed by atoms with van der Waals surface area (Å²) in [6.45, 7) is 2.03. The fourth-order valence-corrected chi connectivity index (χ4v) is 2.04. The van der Waals surface area contributed by atoms with Gasteiger partial charge in [0.25, 0.3) is 5.91 Å². The van der Waals surface area contributed by atoms with Crippen LogP contribution < -0.4 is 10.1 Å². The van der Waals surface area contributed by atoms with Crippen molar-refractivity contribution < 1.29 is 9.53 Å². The van der Waals surface area contributed by atoms with Crippen LogP contribution in [0.5, 0.6) is 5.75 Å². The van der Waals surface area contributed by atoms with Crippen molar-refractivity contribution in [2.75, 3.05) is 27.2 Å². The fraction of sp³-hybridized carbons (Fsp3) is 0.500. The first-order chi connectivity index (χ1) is 8.66. The number of nitrogens with zero attached hydrogens (tertiary/aromatic N) is 1. The zero-order valence-electron chi connectivity index (χ0n) is 11.4. The van der Waals surface area contributed by atoms with Crippen molar-refractivity contribution in [2.24, 2.45) is 0 Å². The lowest BCUT2D eigenvalue weighted by Crippen LogP contribution is -2.34. The maximum Gasteiger partial charge on any atom is 0.253 e. The molecule has 1 aliphatic rings. The second-order valence-corrected chi connectivity index (χ2v) is 4.79. The molecule has 1 aromatic carbocycles. The number of amides is 1. The number of carbonyl (C=O) groups excluding carboxylic acids is 1. The molecule has 0 radical (unpaired) electrons. The molecule has 1 fully saturated rings. The van der Waals surface area contributed by atoms with E-state index in [1.54, 1.807) is 19.0 Å². The Kier molecular flexibility index (Phi) is 6.12. The summed E-state index contributed by atoms with van der Waals surface area (Å²) in [5, 5.41) is 3.31. The van der Waals surface area contributed by atoms with Gasteiger partial charge in [0.1, 0.15) is 11.9 Å². The quantitative estimate of drug-likeness (QED) is 0.922. The molecule has 1 aromatic rings. The minimum absolute atomic E-state index is 0. The second kappa shape index (κ2) is 7.36. The number of benzene rings is 1. The Balaban J connectivity index is 0.00000180. The molecule has 1 aliphatic heterocycles. The highest BCUT2D eigenvalue weighted by molar-refractivity contribution is 5.93. The molecule has 0 aliphatic carbocycles. The van der Waals surface area contributed by atoms with Gasteiger partial charge in [0.05, 0.1) is 0 Å². The molecule has 0 saturated carbocycles. The first-order valence-electron chi connectivity index (χ1n) is 6.36. The van der Waals surface area contributed by atoms with Crippen molar-refractivity contribution in [2.45, 2.75) is 18.9 Å². The van der Waals surface area contributed by atoms with E-state index in [4.69, 9.17) is 4.74 Å². The average Bonchev–Trinajstić information content (AvgIpc) is 2.40. The first kappa shape index (κ1) is 15.8. The summed E-state index contributed by atoms with van der Waals surface area (Å²) in [7, 11) is 3.50. The second-order valence-electron chi connectivity index (χ2n) is 4.79. The number of nitrogens with one attached hydrogen (secondary N) is 1. The summed E-state index contributed by atoms with van der Waals surface area (Å²) in [5.74, 6) is 0.862. The van der Waals surface area contributed by atoms with Gasteiger partial charge in [-0.2, -0.15) is 0 Å². The van der Waals surface area contributed by atoms with Gasteiger partial charge in [-0.3, -0.25) is 4.79 Å². The molecule has 0 spiro atoms. The Labute approximate surface area is 120 Å². The molecule has 1 heterocycles. The monoisotopic (exact) mass is 284 g/mol.